The molecule has 0 saturated heterocycles. The van der Waals surface area contributed by atoms with E-state index < -0.39 is 0 Å². The molecule has 3 rings (SSSR count). The van der Waals surface area contributed by atoms with Crippen molar-refractivity contribution < 1.29 is 9.59 Å². The van der Waals surface area contributed by atoms with Crippen LogP contribution < -0.4 is 10.6 Å². The van der Waals surface area contributed by atoms with E-state index in [1.54, 1.807) is 0 Å². The second-order valence-corrected chi connectivity index (χ2v) is 7.26. The summed E-state index contributed by atoms with van der Waals surface area (Å²) in [5.41, 5.74) is 2.79. The maximum atomic E-state index is 12.7. The third kappa shape index (κ3) is 3.97. The van der Waals surface area contributed by atoms with E-state index in [9.17, 15) is 9.59 Å². The molecule has 130 valence electrons. The van der Waals surface area contributed by atoms with Crippen LogP contribution in [0.5, 0.6) is 0 Å². The molecule has 2 unspecified atom stereocenters. The van der Waals surface area contributed by atoms with Crippen molar-refractivity contribution in [1.82, 2.24) is 10.6 Å². The Morgan fingerprint density at radius 3 is 2.62 bits per heavy atom. The minimum absolute atomic E-state index is 0.0137. The molecular weight excluding hydrogens is 300 g/mol. The zero-order valence-corrected chi connectivity index (χ0v) is 14.5. The summed E-state index contributed by atoms with van der Waals surface area (Å²) >= 11 is 0. The molecular formula is C20H28N2O2. The van der Waals surface area contributed by atoms with Gasteiger partial charge in [0.2, 0.25) is 11.8 Å². The number of hydrogen-bond donors (Lipinski definition) is 2. The van der Waals surface area contributed by atoms with Gasteiger partial charge in [0.15, 0.2) is 0 Å². The summed E-state index contributed by atoms with van der Waals surface area (Å²) in [5.74, 6) is 0.540. The smallest absolute Gasteiger partial charge is 0.242 e. The summed E-state index contributed by atoms with van der Waals surface area (Å²) in [6, 6.07) is 8.18. The van der Waals surface area contributed by atoms with Gasteiger partial charge in [-0.25, -0.2) is 0 Å². The Balaban J connectivity index is 1.62. The van der Waals surface area contributed by atoms with Crippen molar-refractivity contribution >= 4 is 11.8 Å². The maximum absolute atomic E-state index is 12.7. The van der Waals surface area contributed by atoms with E-state index in [4.69, 9.17) is 0 Å². The summed E-state index contributed by atoms with van der Waals surface area (Å²) < 4.78 is 0. The fourth-order valence-corrected chi connectivity index (χ4v) is 4.31. The van der Waals surface area contributed by atoms with Crippen molar-refractivity contribution in [2.24, 2.45) is 5.92 Å². The number of amides is 2. The monoisotopic (exact) mass is 328 g/mol. The van der Waals surface area contributed by atoms with Crippen molar-refractivity contribution in [3.05, 3.63) is 35.4 Å². The first-order valence-electron chi connectivity index (χ1n) is 9.28. The van der Waals surface area contributed by atoms with Crippen LogP contribution in [0.4, 0.5) is 0 Å². The first kappa shape index (κ1) is 17.0. The van der Waals surface area contributed by atoms with Gasteiger partial charge in [0.25, 0.3) is 0 Å². The molecule has 0 radical (unpaired) electrons. The minimum Gasteiger partial charge on any atom is -0.354 e. The van der Waals surface area contributed by atoms with Gasteiger partial charge in [-0.2, -0.15) is 0 Å². The first-order valence-corrected chi connectivity index (χ1v) is 9.28. The Bertz CT molecular complexity index is 593. The van der Waals surface area contributed by atoms with E-state index in [1.807, 2.05) is 0 Å². The van der Waals surface area contributed by atoms with Crippen LogP contribution in [0.25, 0.3) is 0 Å². The van der Waals surface area contributed by atoms with Crippen LogP contribution >= 0.6 is 0 Å². The normalized spacial score (nSPS) is 21.8. The topological polar surface area (TPSA) is 58.2 Å². The quantitative estimate of drug-likeness (QED) is 0.873. The highest BCUT2D eigenvalue weighted by molar-refractivity contribution is 5.87. The third-order valence-corrected chi connectivity index (χ3v) is 5.53. The largest absolute Gasteiger partial charge is 0.354 e. The number of carbonyl (C=O) groups is 2. The van der Waals surface area contributed by atoms with Gasteiger partial charge in [0.1, 0.15) is 6.04 Å². The number of aryl methyl sites for hydroxylation is 1. The van der Waals surface area contributed by atoms with Gasteiger partial charge in [-0.3, -0.25) is 9.59 Å². The predicted octanol–water partition coefficient (Wildman–Crippen LogP) is 2.92. The highest BCUT2D eigenvalue weighted by Gasteiger charge is 2.31. The molecule has 0 aliphatic heterocycles. The first-order chi connectivity index (χ1) is 11.6. The number of carbonyl (C=O) groups excluding carboxylic acids is 2. The van der Waals surface area contributed by atoms with E-state index >= 15 is 0 Å². The fourth-order valence-electron chi connectivity index (χ4n) is 4.31. The molecule has 0 aromatic heterocycles. The van der Waals surface area contributed by atoms with Crippen LogP contribution in [-0.4, -0.2) is 24.4 Å². The molecule has 1 aromatic rings. The van der Waals surface area contributed by atoms with Crippen LogP contribution in [0.2, 0.25) is 0 Å². The van der Waals surface area contributed by atoms with Crippen LogP contribution in [0.15, 0.2) is 24.3 Å². The van der Waals surface area contributed by atoms with E-state index in [-0.39, 0.29) is 23.8 Å². The molecule has 1 saturated carbocycles. The lowest BCUT2D eigenvalue weighted by Gasteiger charge is -2.28. The van der Waals surface area contributed by atoms with Gasteiger partial charge < -0.3 is 10.6 Å². The summed E-state index contributed by atoms with van der Waals surface area (Å²) in [7, 11) is 0. The average Bonchev–Trinajstić information content (AvgIpc) is 3.11. The molecule has 0 bridgehead atoms. The zero-order chi connectivity index (χ0) is 16.9. The Morgan fingerprint density at radius 2 is 1.88 bits per heavy atom. The second-order valence-electron chi connectivity index (χ2n) is 7.26. The summed E-state index contributed by atoms with van der Waals surface area (Å²) in [6.07, 6.45) is 7.81. The van der Waals surface area contributed by atoms with Crippen molar-refractivity contribution in [2.45, 2.75) is 63.8 Å². The molecule has 2 N–H and O–H groups in total. The van der Waals surface area contributed by atoms with Crippen molar-refractivity contribution in [1.29, 1.82) is 0 Å². The molecule has 0 heterocycles. The Morgan fingerprint density at radius 1 is 1.12 bits per heavy atom. The lowest BCUT2D eigenvalue weighted by atomic mass is 9.83. The van der Waals surface area contributed by atoms with Crippen LogP contribution in [-0.2, 0) is 16.0 Å². The molecule has 2 amide bonds. The van der Waals surface area contributed by atoms with Gasteiger partial charge in [-0.1, -0.05) is 37.1 Å². The Labute approximate surface area is 144 Å². The Hall–Kier alpha value is -1.84. The fraction of sp³-hybridized carbons (Fsp3) is 0.600. The predicted molar refractivity (Wildman–Crippen MR) is 94.7 cm³/mol. The average molecular weight is 328 g/mol. The van der Waals surface area contributed by atoms with Crippen molar-refractivity contribution in [3.63, 3.8) is 0 Å². The van der Waals surface area contributed by atoms with E-state index in [0.29, 0.717) is 12.5 Å². The second kappa shape index (κ2) is 7.82. The number of hydrogen-bond acceptors (Lipinski definition) is 2. The van der Waals surface area contributed by atoms with Gasteiger partial charge >= 0.3 is 0 Å². The highest BCUT2D eigenvalue weighted by Crippen LogP contribution is 2.31. The lowest BCUT2D eigenvalue weighted by Crippen LogP contribution is -2.50. The minimum atomic E-state index is -0.371. The number of nitrogens with one attached hydrogen (secondary N) is 2. The van der Waals surface area contributed by atoms with Gasteiger partial charge in [-0.15, -0.1) is 0 Å². The molecule has 1 aromatic carbocycles. The SMILES string of the molecule is CC(=O)NC(C(=O)NCC1CCCc2ccccc21)C1CCCC1. The third-order valence-electron chi connectivity index (χ3n) is 5.53. The van der Waals surface area contributed by atoms with Gasteiger partial charge in [-0.05, 0) is 49.1 Å². The van der Waals surface area contributed by atoms with Gasteiger partial charge in [0, 0.05) is 19.4 Å². The maximum Gasteiger partial charge on any atom is 0.242 e. The van der Waals surface area contributed by atoms with E-state index in [2.05, 4.69) is 34.9 Å². The molecule has 1 fully saturated rings. The van der Waals surface area contributed by atoms with Crippen molar-refractivity contribution in [3.8, 4) is 0 Å². The molecule has 2 atom stereocenters. The Kier molecular flexibility index (Phi) is 5.54. The molecule has 0 spiro atoms. The number of fused-ring (bicyclic) bond motifs is 1. The summed E-state index contributed by atoms with van der Waals surface area (Å²) in [5, 5.41) is 6.00. The van der Waals surface area contributed by atoms with E-state index in [1.165, 1.54) is 24.5 Å². The zero-order valence-electron chi connectivity index (χ0n) is 14.5. The number of benzene rings is 1. The van der Waals surface area contributed by atoms with Crippen molar-refractivity contribution in [2.75, 3.05) is 6.54 Å². The highest BCUT2D eigenvalue weighted by atomic mass is 16.2. The lowest BCUT2D eigenvalue weighted by molar-refractivity contribution is -0.129. The molecule has 2 aliphatic rings. The summed E-state index contributed by atoms with van der Waals surface area (Å²) in [4.78, 5) is 24.2. The molecule has 24 heavy (non-hydrogen) atoms. The molecule has 4 nitrogen and oxygen atoms in total. The van der Waals surface area contributed by atoms with Crippen LogP contribution in [0, 0.1) is 5.92 Å². The standard InChI is InChI=1S/C20H28N2O2/c1-14(23)22-19(16-8-2-3-9-16)20(24)21-13-17-11-6-10-15-7-4-5-12-18(15)17/h4-5,7,12,16-17,19H,2-3,6,8-11,13H2,1H3,(H,21,24)(H,22,23). The van der Waals surface area contributed by atoms with E-state index in [0.717, 1.165) is 38.5 Å². The molecule has 2 aliphatic carbocycles. The van der Waals surface area contributed by atoms with Gasteiger partial charge in [0.05, 0.1) is 0 Å². The van der Waals surface area contributed by atoms with Crippen LogP contribution in [0.3, 0.4) is 0 Å². The summed E-state index contributed by atoms with van der Waals surface area (Å²) in [6.45, 7) is 2.16. The van der Waals surface area contributed by atoms with Crippen LogP contribution in [0.1, 0.15) is 62.5 Å². The molecule has 4 heteroatoms. The number of rotatable bonds is 5.